The van der Waals surface area contributed by atoms with Crippen LogP contribution < -0.4 is 5.32 Å². The van der Waals surface area contributed by atoms with Crippen LogP contribution in [0.4, 0.5) is 0 Å². The molecule has 0 aliphatic carbocycles. The summed E-state index contributed by atoms with van der Waals surface area (Å²) in [6, 6.07) is 15.5. The van der Waals surface area contributed by atoms with Gasteiger partial charge in [0, 0.05) is 19.5 Å². The van der Waals surface area contributed by atoms with Crippen LogP contribution in [0.1, 0.15) is 31.4 Å². The lowest BCUT2D eigenvalue weighted by molar-refractivity contribution is -0.150. The Balaban J connectivity index is 1.89. The Labute approximate surface area is 203 Å². The van der Waals surface area contributed by atoms with Crippen LogP contribution in [-0.2, 0) is 30.4 Å². The van der Waals surface area contributed by atoms with Crippen molar-refractivity contribution in [1.29, 1.82) is 0 Å². The standard InChI is InChI=1S/C26H27N3O6/c1-3-21-25(33)29(22(15-28(21)17(2)30)19-12-8-5-9-13-19)16-23(31)27-20(24(32)26(34)35)14-18-10-6-4-7-11-18/h4-13,15,20-21H,3,14,16H2,1-2H3,(H,27,31)(H,34,35)/t20-,21?/m0/s1. The zero-order chi connectivity index (χ0) is 25.5. The molecule has 2 aromatic carbocycles. The number of hydrogen-bond donors (Lipinski definition) is 2. The van der Waals surface area contributed by atoms with Crippen LogP contribution in [0.25, 0.3) is 5.70 Å². The number of carbonyl (C=O) groups excluding carboxylic acids is 4. The number of amides is 3. The molecular weight excluding hydrogens is 450 g/mol. The topological polar surface area (TPSA) is 124 Å². The van der Waals surface area contributed by atoms with Crippen molar-refractivity contribution in [1.82, 2.24) is 15.1 Å². The minimum absolute atomic E-state index is 0.0112. The molecule has 3 rings (SSSR count). The summed E-state index contributed by atoms with van der Waals surface area (Å²) in [5, 5.41) is 11.7. The Morgan fingerprint density at radius 3 is 2.14 bits per heavy atom. The molecule has 3 amide bonds. The van der Waals surface area contributed by atoms with Crippen molar-refractivity contribution in [2.45, 2.75) is 38.8 Å². The van der Waals surface area contributed by atoms with E-state index in [2.05, 4.69) is 5.32 Å². The number of Topliss-reactive ketones (excluding diaryl/α,β-unsaturated/α-hetero) is 1. The van der Waals surface area contributed by atoms with Gasteiger partial charge in [-0.05, 0) is 17.5 Å². The first-order chi connectivity index (χ1) is 16.7. The molecule has 0 saturated carbocycles. The van der Waals surface area contributed by atoms with Crippen LogP contribution in [0.3, 0.4) is 0 Å². The van der Waals surface area contributed by atoms with Gasteiger partial charge in [0.25, 0.3) is 11.7 Å². The first-order valence-electron chi connectivity index (χ1n) is 11.2. The SMILES string of the molecule is CCC1C(=O)N(CC(=O)N[C@@H](Cc2ccccc2)C(=O)C(=O)O)C(c2ccccc2)=CN1C(C)=O. The Morgan fingerprint density at radius 2 is 1.60 bits per heavy atom. The second kappa shape index (κ2) is 11.2. The van der Waals surface area contributed by atoms with Crippen molar-refractivity contribution in [3.8, 4) is 0 Å². The molecule has 1 unspecified atom stereocenters. The summed E-state index contributed by atoms with van der Waals surface area (Å²) in [5.41, 5.74) is 1.65. The van der Waals surface area contributed by atoms with E-state index in [1.54, 1.807) is 73.8 Å². The summed E-state index contributed by atoms with van der Waals surface area (Å²) < 4.78 is 0. The van der Waals surface area contributed by atoms with Crippen molar-refractivity contribution in [3.05, 3.63) is 78.0 Å². The normalized spacial score (nSPS) is 16.3. The van der Waals surface area contributed by atoms with E-state index in [0.29, 0.717) is 23.2 Å². The minimum atomic E-state index is -1.66. The summed E-state index contributed by atoms with van der Waals surface area (Å²) in [6.45, 7) is 2.68. The molecule has 2 aromatic rings. The van der Waals surface area contributed by atoms with Gasteiger partial charge in [0.15, 0.2) is 0 Å². The average Bonchev–Trinajstić information content (AvgIpc) is 2.85. The molecule has 2 atom stereocenters. The molecule has 182 valence electrons. The number of carboxylic acid groups (broad SMARTS) is 1. The summed E-state index contributed by atoms with van der Waals surface area (Å²) in [7, 11) is 0. The van der Waals surface area contributed by atoms with Gasteiger partial charge in [-0.25, -0.2) is 4.79 Å². The largest absolute Gasteiger partial charge is 0.475 e. The van der Waals surface area contributed by atoms with E-state index in [-0.39, 0.29) is 12.3 Å². The minimum Gasteiger partial charge on any atom is -0.475 e. The second-order valence-electron chi connectivity index (χ2n) is 8.13. The maximum atomic E-state index is 13.4. The molecule has 0 radical (unpaired) electrons. The third kappa shape index (κ3) is 6.00. The lowest BCUT2D eigenvalue weighted by Gasteiger charge is -2.38. The van der Waals surface area contributed by atoms with E-state index < -0.39 is 42.2 Å². The fourth-order valence-corrected chi connectivity index (χ4v) is 3.98. The van der Waals surface area contributed by atoms with Crippen LogP contribution in [0.5, 0.6) is 0 Å². The third-order valence-electron chi connectivity index (χ3n) is 5.71. The van der Waals surface area contributed by atoms with E-state index in [1.165, 1.54) is 16.7 Å². The lowest BCUT2D eigenvalue weighted by atomic mass is 10.0. The van der Waals surface area contributed by atoms with Crippen LogP contribution >= 0.6 is 0 Å². The molecular formula is C26H27N3O6. The van der Waals surface area contributed by atoms with Gasteiger partial charge in [0.1, 0.15) is 18.6 Å². The van der Waals surface area contributed by atoms with Gasteiger partial charge in [0.2, 0.25) is 11.8 Å². The van der Waals surface area contributed by atoms with Gasteiger partial charge in [-0.2, -0.15) is 0 Å². The van der Waals surface area contributed by atoms with E-state index in [1.807, 2.05) is 0 Å². The number of hydrogen-bond acceptors (Lipinski definition) is 5. The predicted octanol–water partition coefficient (Wildman–Crippen LogP) is 1.84. The zero-order valence-corrected chi connectivity index (χ0v) is 19.5. The van der Waals surface area contributed by atoms with Gasteiger partial charge >= 0.3 is 5.97 Å². The first-order valence-corrected chi connectivity index (χ1v) is 11.2. The summed E-state index contributed by atoms with van der Waals surface area (Å²) >= 11 is 0. The summed E-state index contributed by atoms with van der Waals surface area (Å²) in [5.74, 6) is -4.25. The van der Waals surface area contributed by atoms with E-state index in [9.17, 15) is 29.1 Å². The fourth-order valence-electron chi connectivity index (χ4n) is 3.98. The number of benzene rings is 2. The van der Waals surface area contributed by atoms with Crippen LogP contribution in [0.15, 0.2) is 66.9 Å². The molecule has 1 aliphatic rings. The van der Waals surface area contributed by atoms with Crippen LogP contribution in [0, 0.1) is 0 Å². The van der Waals surface area contributed by atoms with Gasteiger partial charge in [-0.15, -0.1) is 0 Å². The number of nitrogens with zero attached hydrogens (tertiary/aromatic N) is 2. The number of carboxylic acids is 1. The molecule has 0 fully saturated rings. The summed E-state index contributed by atoms with van der Waals surface area (Å²) in [4.78, 5) is 64.9. The molecule has 0 aromatic heterocycles. The average molecular weight is 478 g/mol. The molecule has 0 spiro atoms. The smallest absolute Gasteiger partial charge is 0.374 e. The van der Waals surface area contributed by atoms with Crippen molar-refractivity contribution in [3.63, 3.8) is 0 Å². The van der Waals surface area contributed by atoms with Gasteiger partial charge in [-0.3, -0.25) is 24.1 Å². The fraction of sp³-hybridized carbons (Fsp3) is 0.269. The highest BCUT2D eigenvalue weighted by Gasteiger charge is 2.38. The molecule has 2 N–H and O–H groups in total. The summed E-state index contributed by atoms with van der Waals surface area (Å²) in [6.07, 6.45) is 1.87. The van der Waals surface area contributed by atoms with Gasteiger partial charge in [-0.1, -0.05) is 67.6 Å². The van der Waals surface area contributed by atoms with E-state index >= 15 is 0 Å². The molecule has 9 nitrogen and oxygen atoms in total. The van der Waals surface area contributed by atoms with E-state index in [0.717, 1.165) is 0 Å². The lowest BCUT2D eigenvalue weighted by Crippen LogP contribution is -2.55. The zero-order valence-electron chi connectivity index (χ0n) is 19.5. The maximum absolute atomic E-state index is 13.4. The third-order valence-corrected chi connectivity index (χ3v) is 5.71. The Hall–Kier alpha value is -4.27. The van der Waals surface area contributed by atoms with Crippen molar-refractivity contribution in [2.75, 3.05) is 6.54 Å². The highest BCUT2D eigenvalue weighted by Crippen LogP contribution is 2.28. The van der Waals surface area contributed by atoms with Crippen molar-refractivity contribution >= 4 is 35.2 Å². The quantitative estimate of drug-likeness (QED) is 0.531. The number of aliphatic carboxylic acids is 1. The van der Waals surface area contributed by atoms with Crippen molar-refractivity contribution in [2.24, 2.45) is 0 Å². The molecule has 0 bridgehead atoms. The molecule has 1 heterocycles. The highest BCUT2D eigenvalue weighted by molar-refractivity contribution is 6.35. The maximum Gasteiger partial charge on any atom is 0.374 e. The van der Waals surface area contributed by atoms with E-state index in [4.69, 9.17) is 0 Å². The molecule has 9 heteroatoms. The Morgan fingerprint density at radius 1 is 1.00 bits per heavy atom. The van der Waals surface area contributed by atoms with Gasteiger partial charge in [0.05, 0.1) is 5.70 Å². The Kier molecular flexibility index (Phi) is 8.14. The predicted molar refractivity (Wildman–Crippen MR) is 127 cm³/mol. The number of nitrogens with one attached hydrogen (secondary N) is 1. The molecule has 0 saturated heterocycles. The van der Waals surface area contributed by atoms with Gasteiger partial charge < -0.3 is 15.3 Å². The number of ketones is 1. The van der Waals surface area contributed by atoms with Crippen molar-refractivity contribution < 1.29 is 29.1 Å². The first kappa shape index (κ1) is 25.4. The molecule has 1 aliphatic heterocycles. The monoisotopic (exact) mass is 477 g/mol. The Bertz CT molecular complexity index is 1150. The second-order valence-corrected chi connectivity index (χ2v) is 8.13. The highest BCUT2D eigenvalue weighted by atomic mass is 16.4. The number of rotatable bonds is 9. The number of carbonyl (C=O) groups is 5. The van der Waals surface area contributed by atoms with Crippen LogP contribution in [0.2, 0.25) is 0 Å². The molecule has 35 heavy (non-hydrogen) atoms. The van der Waals surface area contributed by atoms with Crippen LogP contribution in [-0.4, -0.2) is 63.0 Å².